The Labute approximate surface area is 123 Å². The smallest absolute Gasteiger partial charge is 0.243 e. The number of aryl methyl sites for hydroxylation is 2. The molecule has 2 aromatic rings. The number of aromatic nitrogens is 2. The van der Waals surface area contributed by atoms with Crippen LogP contribution in [-0.2, 0) is 16.6 Å². The second-order valence-electron chi connectivity index (χ2n) is 4.63. The topological polar surface area (TPSA) is 66.1 Å². The Bertz CT molecular complexity index is 688. The van der Waals surface area contributed by atoms with Crippen molar-refractivity contribution >= 4 is 21.6 Å². The number of hydrogen-bond acceptors (Lipinski definition) is 3. The molecule has 0 atom stereocenters. The van der Waals surface area contributed by atoms with E-state index >= 15 is 0 Å². The number of nitrogens with one attached hydrogen (secondary N) is 1. The van der Waals surface area contributed by atoms with Gasteiger partial charge in [-0.2, -0.15) is 9.40 Å². The summed E-state index contributed by atoms with van der Waals surface area (Å²) in [5, 5.41) is 7.43. The molecule has 0 unspecified atom stereocenters. The van der Waals surface area contributed by atoms with E-state index in [1.807, 2.05) is 13.8 Å². The largest absolute Gasteiger partial charge is 0.282 e. The molecule has 1 aromatic carbocycles. The van der Waals surface area contributed by atoms with Crippen molar-refractivity contribution in [3.05, 3.63) is 46.2 Å². The lowest BCUT2D eigenvalue weighted by Crippen LogP contribution is -2.26. The normalized spacial score (nSPS) is 12.1. The summed E-state index contributed by atoms with van der Waals surface area (Å²) in [6.07, 6.45) is 0. The first kappa shape index (κ1) is 15.0. The summed E-state index contributed by atoms with van der Waals surface area (Å²) in [6.45, 7) is 4.00. The quantitative estimate of drug-likeness (QED) is 0.943. The summed E-state index contributed by atoms with van der Waals surface area (Å²) >= 11 is 5.78. The van der Waals surface area contributed by atoms with Crippen molar-refractivity contribution in [3.63, 3.8) is 0 Å². The maximum absolute atomic E-state index is 12.4. The molecule has 7 heteroatoms. The van der Waals surface area contributed by atoms with Crippen LogP contribution in [0.5, 0.6) is 0 Å². The predicted octanol–water partition coefficient (Wildman–Crippen LogP) is 2.50. The average Bonchev–Trinajstić information content (AvgIpc) is 2.71. The minimum Gasteiger partial charge on any atom is -0.282 e. The van der Waals surface area contributed by atoms with E-state index in [1.54, 1.807) is 19.2 Å². The van der Waals surface area contributed by atoms with Crippen LogP contribution >= 0.6 is 11.6 Å². The predicted molar refractivity (Wildman–Crippen MR) is 78.2 cm³/mol. The summed E-state index contributed by atoms with van der Waals surface area (Å²) in [6, 6.07) is 6.14. The Morgan fingerprint density at radius 2 is 1.85 bits per heavy atom. The van der Waals surface area contributed by atoms with Gasteiger partial charge in [0.15, 0.2) is 0 Å². The highest BCUT2D eigenvalue weighted by atomic mass is 35.5. The molecule has 0 saturated heterocycles. The van der Waals surface area contributed by atoms with Gasteiger partial charge >= 0.3 is 0 Å². The first-order valence-electron chi connectivity index (χ1n) is 6.04. The first-order chi connectivity index (χ1) is 9.32. The molecule has 0 spiro atoms. The molecule has 0 aliphatic heterocycles. The second-order valence-corrected chi connectivity index (χ2v) is 7.11. The van der Waals surface area contributed by atoms with Crippen molar-refractivity contribution in [1.82, 2.24) is 14.5 Å². The van der Waals surface area contributed by atoms with Gasteiger partial charge in [0.05, 0.1) is 10.6 Å². The molecule has 0 saturated carbocycles. The van der Waals surface area contributed by atoms with Crippen LogP contribution in [0.2, 0.25) is 5.02 Å². The van der Waals surface area contributed by atoms with E-state index in [2.05, 4.69) is 10.2 Å². The number of aromatic amines is 1. The summed E-state index contributed by atoms with van der Waals surface area (Å²) < 4.78 is 26.2. The van der Waals surface area contributed by atoms with Gasteiger partial charge in [-0.3, -0.25) is 5.10 Å². The third-order valence-electron chi connectivity index (χ3n) is 3.18. The van der Waals surface area contributed by atoms with Crippen molar-refractivity contribution in [3.8, 4) is 0 Å². The van der Waals surface area contributed by atoms with Crippen molar-refractivity contribution in [2.75, 3.05) is 7.05 Å². The summed E-state index contributed by atoms with van der Waals surface area (Å²) in [5.74, 6) is 0. The molecule has 0 bridgehead atoms. The van der Waals surface area contributed by atoms with Crippen molar-refractivity contribution in [1.29, 1.82) is 0 Å². The number of nitrogens with zero attached hydrogens (tertiary/aromatic N) is 2. The maximum Gasteiger partial charge on any atom is 0.243 e. The number of halogens is 1. The number of H-pyrrole nitrogens is 1. The van der Waals surface area contributed by atoms with E-state index in [4.69, 9.17) is 11.6 Å². The Morgan fingerprint density at radius 3 is 2.35 bits per heavy atom. The van der Waals surface area contributed by atoms with E-state index in [0.29, 0.717) is 5.02 Å². The van der Waals surface area contributed by atoms with Crippen LogP contribution in [-0.4, -0.2) is 30.0 Å². The number of benzene rings is 1. The van der Waals surface area contributed by atoms with Crippen molar-refractivity contribution < 1.29 is 8.42 Å². The Balaban J connectivity index is 2.28. The van der Waals surface area contributed by atoms with Gasteiger partial charge in [0.2, 0.25) is 10.0 Å². The first-order valence-corrected chi connectivity index (χ1v) is 7.86. The summed E-state index contributed by atoms with van der Waals surface area (Å²) in [5.41, 5.74) is 2.58. The van der Waals surface area contributed by atoms with Crippen LogP contribution in [0.25, 0.3) is 0 Å². The zero-order chi connectivity index (χ0) is 14.9. The third-order valence-corrected chi connectivity index (χ3v) is 5.25. The molecule has 1 aromatic heterocycles. The minimum atomic E-state index is -3.53. The fourth-order valence-corrected chi connectivity index (χ4v) is 3.17. The monoisotopic (exact) mass is 313 g/mol. The zero-order valence-electron chi connectivity index (χ0n) is 11.5. The summed E-state index contributed by atoms with van der Waals surface area (Å²) in [7, 11) is -1.98. The van der Waals surface area contributed by atoms with E-state index in [0.717, 1.165) is 17.0 Å². The van der Waals surface area contributed by atoms with Crippen LogP contribution < -0.4 is 0 Å². The van der Waals surface area contributed by atoms with Crippen molar-refractivity contribution in [2.24, 2.45) is 0 Å². The highest BCUT2D eigenvalue weighted by molar-refractivity contribution is 7.89. The molecule has 2 rings (SSSR count). The average molecular weight is 314 g/mol. The third kappa shape index (κ3) is 2.87. The van der Waals surface area contributed by atoms with E-state index in [-0.39, 0.29) is 11.4 Å². The lowest BCUT2D eigenvalue weighted by molar-refractivity contribution is 0.465. The van der Waals surface area contributed by atoms with Crippen molar-refractivity contribution in [2.45, 2.75) is 25.3 Å². The Kier molecular flexibility index (Phi) is 4.17. The molecule has 0 radical (unpaired) electrons. The van der Waals surface area contributed by atoms with Gasteiger partial charge in [0.25, 0.3) is 0 Å². The minimum absolute atomic E-state index is 0.225. The van der Waals surface area contributed by atoms with E-state index < -0.39 is 10.0 Å². The van der Waals surface area contributed by atoms with Crippen LogP contribution in [0.1, 0.15) is 17.0 Å². The zero-order valence-corrected chi connectivity index (χ0v) is 13.1. The molecule has 0 fully saturated rings. The molecular weight excluding hydrogens is 298 g/mol. The molecule has 1 N–H and O–H groups in total. The number of rotatable bonds is 4. The van der Waals surface area contributed by atoms with Gasteiger partial charge in [-0.15, -0.1) is 0 Å². The van der Waals surface area contributed by atoms with Crippen LogP contribution in [0, 0.1) is 13.8 Å². The van der Waals surface area contributed by atoms with Gasteiger partial charge in [-0.05, 0) is 38.1 Å². The SMILES string of the molecule is Cc1n[nH]c(C)c1CN(C)S(=O)(=O)c1ccc(Cl)cc1. The number of sulfonamides is 1. The molecule has 5 nitrogen and oxygen atoms in total. The molecule has 0 aliphatic rings. The lowest BCUT2D eigenvalue weighted by Gasteiger charge is -2.17. The fraction of sp³-hybridized carbons (Fsp3) is 0.308. The molecule has 0 aliphatic carbocycles. The van der Waals surface area contributed by atoms with E-state index in [1.165, 1.54) is 16.4 Å². The second kappa shape index (κ2) is 5.55. The highest BCUT2D eigenvalue weighted by Gasteiger charge is 2.22. The highest BCUT2D eigenvalue weighted by Crippen LogP contribution is 2.20. The molecular formula is C13H16ClN3O2S. The van der Waals surface area contributed by atoms with Gasteiger partial charge in [-0.1, -0.05) is 11.6 Å². The van der Waals surface area contributed by atoms with Crippen LogP contribution in [0.15, 0.2) is 29.2 Å². The number of hydrogen-bond donors (Lipinski definition) is 1. The molecule has 20 heavy (non-hydrogen) atoms. The Hall–Kier alpha value is -1.37. The van der Waals surface area contributed by atoms with Crippen LogP contribution in [0.4, 0.5) is 0 Å². The fourth-order valence-electron chi connectivity index (χ4n) is 1.90. The summed E-state index contributed by atoms with van der Waals surface area (Å²) in [4.78, 5) is 0.225. The van der Waals surface area contributed by atoms with Gasteiger partial charge in [0.1, 0.15) is 0 Å². The van der Waals surface area contributed by atoms with E-state index in [9.17, 15) is 8.42 Å². The Morgan fingerprint density at radius 1 is 1.25 bits per heavy atom. The van der Waals surface area contributed by atoms with Gasteiger partial charge in [-0.25, -0.2) is 8.42 Å². The standard InChI is InChI=1S/C13H16ClN3O2S/c1-9-13(10(2)16-15-9)8-17(3)20(18,19)12-6-4-11(14)5-7-12/h4-7H,8H2,1-3H3,(H,15,16). The lowest BCUT2D eigenvalue weighted by atomic mass is 10.2. The van der Waals surface area contributed by atoms with Gasteiger partial charge in [0, 0.05) is 29.9 Å². The van der Waals surface area contributed by atoms with Crippen LogP contribution in [0.3, 0.4) is 0 Å². The maximum atomic E-state index is 12.4. The molecule has 108 valence electrons. The molecule has 1 heterocycles. The molecule has 0 amide bonds. The van der Waals surface area contributed by atoms with Gasteiger partial charge < -0.3 is 0 Å².